The summed E-state index contributed by atoms with van der Waals surface area (Å²) in [4.78, 5) is 14.5. The zero-order valence-corrected chi connectivity index (χ0v) is 17.5. The molecule has 0 spiro atoms. The average molecular weight is 423 g/mol. The first kappa shape index (κ1) is 19.4. The number of fused-ring (bicyclic) bond motifs is 1. The molecule has 29 heavy (non-hydrogen) atoms. The van der Waals surface area contributed by atoms with Crippen LogP contribution in [-0.4, -0.2) is 21.8 Å². The molecule has 1 aromatic heterocycles. The van der Waals surface area contributed by atoms with Crippen molar-refractivity contribution in [2.24, 2.45) is 0 Å². The molecule has 0 amide bonds. The van der Waals surface area contributed by atoms with Gasteiger partial charge in [0.05, 0.1) is 12.0 Å². The highest BCUT2D eigenvalue weighted by atomic mass is 32.2. The quantitative estimate of drug-likeness (QED) is 0.464. The fourth-order valence-corrected chi connectivity index (χ4v) is 5.07. The fraction of sp³-hybridized carbons (Fsp3) is 0.0870. The zero-order chi connectivity index (χ0) is 20.6. The number of ether oxygens (including phenoxy) is 1. The van der Waals surface area contributed by atoms with E-state index in [4.69, 9.17) is 4.74 Å². The summed E-state index contributed by atoms with van der Waals surface area (Å²) >= 11 is 1.51. The van der Waals surface area contributed by atoms with Crippen LogP contribution >= 0.6 is 11.3 Å². The molecular weight excluding hydrogens is 404 g/mol. The van der Waals surface area contributed by atoms with Gasteiger partial charge in [-0.1, -0.05) is 36.4 Å². The molecule has 0 saturated carbocycles. The van der Waals surface area contributed by atoms with Gasteiger partial charge in [0.15, 0.2) is 15.3 Å². The van der Waals surface area contributed by atoms with Crippen LogP contribution in [0.4, 0.5) is 0 Å². The third-order valence-corrected chi connectivity index (χ3v) is 7.05. The lowest BCUT2D eigenvalue weighted by Crippen LogP contribution is -2.06. The molecule has 0 fully saturated rings. The third kappa shape index (κ3) is 3.69. The molecular formula is C23H18O4S2. The second-order valence-corrected chi connectivity index (χ2v) is 9.73. The van der Waals surface area contributed by atoms with Crippen LogP contribution < -0.4 is 10.2 Å². The van der Waals surface area contributed by atoms with Crippen LogP contribution in [-0.2, 0) is 9.84 Å². The van der Waals surface area contributed by atoms with Crippen LogP contribution in [0.1, 0.15) is 0 Å². The van der Waals surface area contributed by atoms with Crippen molar-refractivity contribution in [3.63, 3.8) is 0 Å². The van der Waals surface area contributed by atoms with E-state index < -0.39 is 9.84 Å². The topological polar surface area (TPSA) is 60.4 Å². The zero-order valence-electron chi connectivity index (χ0n) is 15.9. The van der Waals surface area contributed by atoms with Crippen molar-refractivity contribution in [2.75, 3.05) is 13.4 Å². The Labute approximate surface area is 173 Å². The Bertz CT molecular complexity index is 1370. The van der Waals surface area contributed by atoms with Crippen LogP contribution in [0.5, 0.6) is 5.75 Å². The van der Waals surface area contributed by atoms with Crippen molar-refractivity contribution < 1.29 is 13.2 Å². The Morgan fingerprint density at radius 2 is 1.59 bits per heavy atom. The van der Waals surface area contributed by atoms with Crippen LogP contribution in [0.25, 0.3) is 31.7 Å². The highest BCUT2D eigenvalue weighted by molar-refractivity contribution is 7.90. The van der Waals surface area contributed by atoms with E-state index in [1.807, 2.05) is 48.5 Å². The predicted molar refractivity (Wildman–Crippen MR) is 119 cm³/mol. The van der Waals surface area contributed by atoms with Crippen molar-refractivity contribution in [1.82, 2.24) is 0 Å². The van der Waals surface area contributed by atoms with E-state index in [1.165, 1.54) is 17.6 Å². The van der Waals surface area contributed by atoms with Crippen LogP contribution in [0, 0.1) is 0 Å². The highest BCUT2D eigenvalue weighted by Crippen LogP contribution is 2.37. The molecule has 146 valence electrons. The van der Waals surface area contributed by atoms with Gasteiger partial charge in [0.1, 0.15) is 5.75 Å². The van der Waals surface area contributed by atoms with Gasteiger partial charge in [-0.05, 0) is 47.5 Å². The van der Waals surface area contributed by atoms with Crippen LogP contribution in [0.3, 0.4) is 0 Å². The van der Waals surface area contributed by atoms with E-state index in [1.54, 1.807) is 31.4 Å². The number of rotatable bonds is 4. The van der Waals surface area contributed by atoms with Gasteiger partial charge in [0.2, 0.25) is 0 Å². The summed E-state index contributed by atoms with van der Waals surface area (Å²) in [5.74, 6) is 0.665. The monoisotopic (exact) mass is 422 g/mol. The van der Waals surface area contributed by atoms with E-state index in [0.29, 0.717) is 16.7 Å². The van der Waals surface area contributed by atoms with Crippen molar-refractivity contribution in [3.8, 4) is 27.3 Å². The lowest BCUT2D eigenvalue weighted by molar-refractivity contribution is 0.415. The Morgan fingerprint density at radius 1 is 0.862 bits per heavy atom. The first-order valence-corrected chi connectivity index (χ1v) is 11.6. The van der Waals surface area contributed by atoms with Crippen LogP contribution in [0.2, 0.25) is 0 Å². The van der Waals surface area contributed by atoms with Crippen molar-refractivity contribution in [2.45, 2.75) is 4.90 Å². The number of hydrogen-bond acceptors (Lipinski definition) is 5. The molecule has 4 aromatic rings. The normalized spacial score (nSPS) is 11.5. The standard InChI is InChI=1S/C23H18O4S2/c1-27-17-7-5-6-16(14-17)21-22(24)19-8-3-4-9-20(19)28-23(21)15-10-12-18(13-11-15)29(2,25)26/h3-14H,1-2H3. The van der Waals surface area contributed by atoms with Crippen molar-refractivity contribution in [1.29, 1.82) is 0 Å². The molecule has 0 atom stereocenters. The summed E-state index contributed by atoms with van der Waals surface area (Å²) < 4.78 is 29.8. The Hall–Kier alpha value is -2.96. The summed E-state index contributed by atoms with van der Waals surface area (Å²) in [5.41, 5.74) is 2.08. The van der Waals surface area contributed by atoms with Gasteiger partial charge >= 0.3 is 0 Å². The molecule has 0 aliphatic rings. The molecule has 0 aliphatic carbocycles. The summed E-state index contributed by atoms with van der Waals surface area (Å²) in [6, 6.07) is 21.6. The maximum atomic E-state index is 13.4. The molecule has 4 nitrogen and oxygen atoms in total. The highest BCUT2D eigenvalue weighted by Gasteiger charge is 2.17. The van der Waals surface area contributed by atoms with Gasteiger partial charge in [-0.15, -0.1) is 11.3 Å². The number of hydrogen-bond donors (Lipinski definition) is 0. The number of benzene rings is 3. The summed E-state index contributed by atoms with van der Waals surface area (Å²) in [6.45, 7) is 0. The van der Waals surface area contributed by atoms with Gasteiger partial charge in [0, 0.05) is 26.8 Å². The van der Waals surface area contributed by atoms with E-state index in [2.05, 4.69) is 0 Å². The summed E-state index contributed by atoms with van der Waals surface area (Å²) in [5, 5.41) is 0.659. The predicted octanol–water partition coefficient (Wildman–Crippen LogP) is 5.01. The molecule has 4 rings (SSSR count). The first-order chi connectivity index (χ1) is 13.9. The van der Waals surface area contributed by atoms with Crippen molar-refractivity contribution in [3.05, 3.63) is 83.0 Å². The third-order valence-electron chi connectivity index (χ3n) is 4.70. The minimum absolute atomic E-state index is 0.0604. The second kappa shape index (κ2) is 7.46. The lowest BCUT2D eigenvalue weighted by atomic mass is 10.00. The summed E-state index contributed by atoms with van der Waals surface area (Å²) in [7, 11) is -1.70. The van der Waals surface area contributed by atoms with E-state index in [-0.39, 0.29) is 10.3 Å². The average Bonchev–Trinajstić information content (AvgIpc) is 2.73. The second-order valence-electron chi connectivity index (χ2n) is 6.66. The van der Waals surface area contributed by atoms with Gasteiger partial charge in [-0.25, -0.2) is 8.42 Å². The van der Waals surface area contributed by atoms with Gasteiger partial charge in [0.25, 0.3) is 0 Å². The molecule has 3 aromatic carbocycles. The van der Waals surface area contributed by atoms with Gasteiger partial charge in [-0.3, -0.25) is 4.79 Å². The smallest absolute Gasteiger partial charge is 0.196 e. The fourth-order valence-electron chi connectivity index (χ4n) is 3.24. The summed E-state index contributed by atoms with van der Waals surface area (Å²) in [6.07, 6.45) is 1.18. The molecule has 0 aliphatic heterocycles. The molecule has 6 heteroatoms. The minimum Gasteiger partial charge on any atom is -0.497 e. The van der Waals surface area contributed by atoms with E-state index in [0.717, 1.165) is 20.7 Å². The Balaban J connectivity index is 2.03. The molecule has 0 bridgehead atoms. The molecule has 0 unspecified atom stereocenters. The Morgan fingerprint density at radius 3 is 2.28 bits per heavy atom. The first-order valence-electron chi connectivity index (χ1n) is 8.89. The number of methoxy groups -OCH3 is 1. The minimum atomic E-state index is -3.29. The maximum absolute atomic E-state index is 13.4. The lowest BCUT2D eigenvalue weighted by Gasteiger charge is -2.12. The molecule has 1 heterocycles. The molecule has 0 radical (unpaired) electrons. The van der Waals surface area contributed by atoms with E-state index >= 15 is 0 Å². The molecule has 0 saturated heterocycles. The maximum Gasteiger partial charge on any atom is 0.196 e. The van der Waals surface area contributed by atoms with Gasteiger partial charge < -0.3 is 4.74 Å². The van der Waals surface area contributed by atoms with E-state index in [9.17, 15) is 13.2 Å². The SMILES string of the molecule is COc1cccc(-c2c(-c3ccc(S(C)(=O)=O)cc3)sc3ccccc3c2=O)c1. The number of sulfone groups is 1. The largest absolute Gasteiger partial charge is 0.497 e. The van der Waals surface area contributed by atoms with Crippen molar-refractivity contribution >= 4 is 31.3 Å². The Kier molecular flexibility index (Phi) is 4.98. The molecule has 0 N–H and O–H groups in total. The van der Waals surface area contributed by atoms with Crippen LogP contribution in [0.15, 0.2) is 82.5 Å². The van der Waals surface area contributed by atoms with Gasteiger partial charge in [-0.2, -0.15) is 0 Å².